The van der Waals surface area contributed by atoms with Crippen molar-refractivity contribution in [2.45, 2.75) is 6.04 Å². The number of carbonyl (C=O) groups is 3. The van der Waals surface area contributed by atoms with E-state index in [1.807, 2.05) is 0 Å². The van der Waals surface area contributed by atoms with Crippen molar-refractivity contribution in [2.24, 2.45) is 0 Å². The first-order valence-corrected chi connectivity index (χ1v) is 10.8. The Kier molecular flexibility index (Phi) is 10.8. The Morgan fingerprint density at radius 3 is 1.64 bits per heavy atom. The van der Waals surface area contributed by atoms with E-state index < -0.39 is 23.8 Å². The normalized spacial score (nSPS) is 11.6. The molecule has 0 aliphatic rings. The zero-order valence-corrected chi connectivity index (χ0v) is 20.8. The van der Waals surface area contributed by atoms with Crippen LogP contribution in [-0.2, 0) is 19.1 Å². The van der Waals surface area contributed by atoms with Gasteiger partial charge in [0.05, 0.1) is 35.5 Å². The number of benzene rings is 2. The van der Waals surface area contributed by atoms with Crippen LogP contribution in [0.5, 0.6) is 23.0 Å². The molecule has 0 radical (unpaired) electrons. The maximum Gasteiger partial charge on any atom is 0.330 e. The summed E-state index contributed by atoms with van der Waals surface area (Å²) in [4.78, 5) is 36.8. The second kappa shape index (κ2) is 14.1. The van der Waals surface area contributed by atoms with Crippen LogP contribution in [0.25, 0.3) is 12.2 Å². The average Bonchev–Trinajstić information content (AvgIpc) is 2.91. The zero-order valence-electron chi connectivity index (χ0n) is 20.8. The second-order valence-corrected chi connectivity index (χ2v) is 7.22. The van der Waals surface area contributed by atoms with Gasteiger partial charge in [0.1, 0.15) is 6.04 Å². The summed E-state index contributed by atoms with van der Waals surface area (Å²) in [6.45, 7) is -0.169. The lowest BCUT2D eigenvalue weighted by atomic mass is 10.2. The van der Waals surface area contributed by atoms with E-state index >= 15 is 0 Å². The summed E-state index contributed by atoms with van der Waals surface area (Å²) in [7, 11) is 7.28. The van der Waals surface area contributed by atoms with E-state index in [0.717, 1.165) is 0 Å². The molecule has 192 valence electrons. The van der Waals surface area contributed by atoms with Crippen LogP contribution in [0.4, 0.5) is 0 Å². The van der Waals surface area contributed by atoms with Crippen molar-refractivity contribution in [3.63, 3.8) is 0 Å². The predicted molar refractivity (Wildman–Crippen MR) is 134 cm³/mol. The highest BCUT2D eigenvalue weighted by molar-refractivity contribution is 5.95. The molecule has 10 nitrogen and oxygen atoms in total. The molecule has 2 amide bonds. The fourth-order valence-corrected chi connectivity index (χ4v) is 3.07. The maximum absolute atomic E-state index is 12.4. The molecule has 0 aliphatic heterocycles. The van der Waals surface area contributed by atoms with Crippen molar-refractivity contribution in [3.8, 4) is 23.0 Å². The molecule has 0 saturated heterocycles. The molecule has 2 rings (SSSR count). The maximum atomic E-state index is 12.4. The number of rotatable bonds is 12. The van der Waals surface area contributed by atoms with Crippen LogP contribution in [0.1, 0.15) is 11.1 Å². The molecule has 0 bridgehead atoms. The van der Waals surface area contributed by atoms with Crippen molar-refractivity contribution in [2.75, 3.05) is 42.1 Å². The Bertz CT molecular complexity index is 1130. The van der Waals surface area contributed by atoms with E-state index in [1.165, 1.54) is 47.7 Å². The van der Waals surface area contributed by atoms with Gasteiger partial charge in [0, 0.05) is 18.7 Å². The lowest BCUT2D eigenvalue weighted by Crippen LogP contribution is -2.48. The van der Waals surface area contributed by atoms with Crippen LogP contribution in [0.15, 0.2) is 48.6 Å². The molecule has 10 heteroatoms. The van der Waals surface area contributed by atoms with Crippen molar-refractivity contribution < 1.29 is 38.1 Å². The van der Waals surface area contributed by atoms with E-state index in [9.17, 15) is 14.4 Å². The zero-order chi connectivity index (χ0) is 26.5. The van der Waals surface area contributed by atoms with Crippen LogP contribution >= 0.6 is 0 Å². The highest BCUT2D eigenvalue weighted by Gasteiger charge is 2.21. The van der Waals surface area contributed by atoms with Crippen molar-refractivity contribution in [1.82, 2.24) is 10.6 Å². The van der Waals surface area contributed by atoms with Gasteiger partial charge in [-0.05, 0) is 47.5 Å². The molecule has 0 saturated carbocycles. The third-order valence-corrected chi connectivity index (χ3v) is 4.95. The number of ether oxygens (including phenoxy) is 5. The minimum Gasteiger partial charge on any atom is -0.493 e. The van der Waals surface area contributed by atoms with E-state index in [0.29, 0.717) is 34.1 Å². The summed E-state index contributed by atoms with van der Waals surface area (Å²) in [6, 6.07) is 9.25. The van der Waals surface area contributed by atoms with Gasteiger partial charge >= 0.3 is 5.97 Å². The first-order valence-electron chi connectivity index (χ1n) is 10.8. The minimum atomic E-state index is -1.09. The Hall–Kier alpha value is -4.47. The highest BCUT2D eigenvalue weighted by atomic mass is 16.5. The molecule has 2 N–H and O–H groups in total. The molecule has 1 atom stereocenters. The summed E-state index contributed by atoms with van der Waals surface area (Å²) in [6.07, 6.45) is 5.69. The molecule has 0 aromatic heterocycles. The van der Waals surface area contributed by atoms with Gasteiger partial charge in [0.25, 0.3) is 0 Å². The predicted octanol–water partition coefficient (Wildman–Crippen LogP) is 2.22. The van der Waals surface area contributed by atoms with Crippen LogP contribution < -0.4 is 29.6 Å². The average molecular weight is 499 g/mol. The highest BCUT2D eigenvalue weighted by Crippen LogP contribution is 2.28. The number of amides is 2. The topological polar surface area (TPSA) is 121 Å². The molecule has 0 aliphatic carbocycles. The van der Waals surface area contributed by atoms with Gasteiger partial charge in [-0.15, -0.1) is 0 Å². The van der Waals surface area contributed by atoms with E-state index in [4.69, 9.17) is 23.7 Å². The third kappa shape index (κ3) is 8.08. The Morgan fingerprint density at radius 1 is 0.722 bits per heavy atom. The van der Waals surface area contributed by atoms with Crippen LogP contribution in [-0.4, -0.2) is 65.9 Å². The minimum absolute atomic E-state index is 0.169. The first kappa shape index (κ1) is 27.8. The smallest absolute Gasteiger partial charge is 0.330 e. The number of hydrogen-bond acceptors (Lipinski definition) is 8. The fraction of sp³-hybridized carbons (Fsp3) is 0.269. The van der Waals surface area contributed by atoms with Crippen molar-refractivity contribution >= 4 is 29.9 Å². The quantitative estimate of drug-likeness (QED) is 0.338. The Morgan fingerprint density at radius 2 is 1.19 bits per heavy atom. The number of hydrogen-bond donors (Lipinski definition) is 2. The molecular formula is C26H30N2O8. The molecule has 1 unspecified atom stereocenters. The number of methoxy groups -OCH3 is 5. The molecular weight excluding hydrogens is 468 g/mol. The van der Waals surface area contributed by atoms with Gasteiger partial charge < -0.3 is 34.3 Å². The van der Waals surface area contributed by atoms with Gasteiger partial charge in [0.15, 0.2) is 23.0 Å². The summed E-state index contributed by atoms with van der Waals surface area (Å²) in [5, 5.41) is 5.10. The van der Waals surface area contributed by atoms with E-state index in [2.05, 4.69) is 10.6 Å². The summed E-state index contributed by atoms with van der Waals surface area (Å²) >= 11 is 0. The SMILES string of the molecule is COC(=O)C(CNC(=O)/C=C/c1ccc(OC)c(OC)c1)NC(=O)/C=C/c1ccc(OC)c(OC)c1. The largest absolute Gasteiger partial charge is 0.493 e. The van der Waals surface area contributed by atoms with Gasteiger partial charge in [-0.2, -0.15) is 0 Å². The monoisotopic (exact) mass is 498 g/mol. The fourth-order valence-electron chi connectivity index (χ4n) is 3.07. The lowest BCUT2D eigenvalue weighted by Gasteiger charge is -2.15. The molecule has 0 spiro atoms. The Balaban J connectivity index is 1.98. The molecule has 0 fully saturated rings. The summed E-state index contributed by atoms with van der Waals surface area (Å²) in [5.41, 5.74) is 1.40. The van der Waals surface area contributed by atoms with Crippen molar-refractivity contribution in [3.05, 3.63) is 59.7 Å². The lowest BCUT2D eigenvalue weighted by molar-refractivity contribution is -0.144. The molecule has 2 aromatic rings. The second-order valence-electron chi connectivity index (χ2n) is 7.22. The number of carbonyl (C=O) groups excluding carboxylic acids is 3. The summed E-state index contributed by atoms with van der Waals surface area (Å²) in [5.74, 6) is 0.443. The number of nitrogens with one attached hydrogen (secondary N) is 2. The van der Waals surface area contributed by atoms with Gasteiger partial charge in [-0.25, -0.2) is 4.79 Å². The molecule has 36 heavy (non-hydrogen) atoms. The molecule has 2 aromatic carbocycles. The van der Waals surface area contributed by atoms with Crippen LogP contribution in [0, 0.1) is 0 Å². The van der Waals surface area contributed by atoms with Gasteiger partial charge in [-0.3, -0.25) is 9.59 Å². The first-order chi connectivity index (χ1) is 17.3. The Labute approximate surface area is 209 Å². The standard InChI is InChI=1S/C26H30N2O8/c1-32-20-10-6-17(14-22(20)34-3)8-12-24(29)27-16-19(26(31)36-5)28-25(30)13-9-18-7-11-21(33-2)23(15-18)35-4/h6-15,19H,16H2,1-5H3,(H,27,29)(H,28,30)/b12-8+,13-9+. The van der Waals surface area contributed by atoms with E-state index in [-0.39, 0.29) is 6.54 Å². The van der Waals surface area contributed by atoms with Crippen molar-refractivity contribution in [1.29, 1.82) is 0 Å². The molecule has 0 heterocycles. The van der Waals surface area contributed by atoms with Crippen LogP contribution in [0.2, 0.25) is 0 Å². The van der Waals surface area contributed by atoms with Gasteiger partial charge in [0.2, 0.25) is 11.8 Å². The summed E-state index contributed by atoms with van der Waals surface area (Å²) < 4.78 is 25.6. The van der Waals surface area contributed by atoms with Gasteiger partial charge in [-0.1, -0.05) is 12.1 Å². The third-order valence-electron chi connectivity index (χ3n) is 4.95. The number of esters is 1. The van der Waals surface area contributed by atoms with E-state index in [1.54, 1.807) is 48.6 Å². The van der Waals surface area contributed by atoms with Crippen LogP contribution in [0.3, 0.4) is 0 Å².